The number of ether oxygens (including phenoxy) is 2. The first-order chi connectivity index (χ1) is 7.95. The minimum atomic E-state index is -0.942. The van der Waals surface area contributed by atoms with Crippen molar-refractivity contribution in [3.05, 3.63) is 0 Å². The maximum absolute atomic E-state index is 13.3. The number of nitrogens with one attached hydrogen (secondary N) is 1. The number of rotatable bonds is 10. The number of aliphatic hydroxyl groups excluding tert-OH is 1. The van der Waals surface area contributed by atoms with Gasteiger partial charge in [-0.1, -0.05) is 0 Å². The fourth-order valence-electron chi connectivity index (χ4n) is 1.18. The van der Waals surface area contributed by atoms with Crippen molar-refractivity contribution in [1.29, 1.82) is 0 Å². The molecule has 0 amide bonds. The lowest BCUT2D eigenvalue weighted by atomic mass is 10.1. The first-order valence-electron chi connectivity index (χ1n) is 6.11. The molecule has 0 saturated carbocycles. The van der Waals surface area contributed by atoms with Crippen LogP contribution in [0.2, 0.25) is 0 Å². The molecule has 0 aliphatic heterocycles. The van der Waals surface area contributed by atoms with Gasteiger partial charge in [0, 0.05) is 5.54 Å². The molecule has 104 valence electrons. The summed E-state index contributed by atoms with van der Waals surface area (Å²) >= 11 is 0. The van der Waals surface area contributed by atoms with E-state index in [-0.39, 0.29) is 18.8 Å². The van der Waals surface area contributed by atoms with E-state index in [1.165, 1.54) is 0 Å². The van der Waals surface area contributed by atoms with E-state index in [0.717, 1.165) is 0 Å². The van der Waals surface area contributed by atoms with Crippen molar-refractivity contribution in [3.8, 4) is 0 Å². The van der Waals surface area contributed by atoms with E-state index < -0.39 is 6.17 Å². The van der Waals surface area contributed by atoms with Gasteiger partial charge in [0.05, 0.1) is 33.0 Å². The predicted octanol–water partition coefficient (Wildman–Crippen LogP) is 1.13. The molecule has 2 N–H and O–H groups in total. The Labute approximate surface area is 103 Å². The van der Waals surface area contributed by atoms with Crippen LogP contribution in [0.15, 0.2) is 0 Å². The van der Waals surface area contributed by atoms with Crippen LogP contribution in [0.5, 0.6) is 0 Å². The summed E-state index contributed by atoms with van der Waals surface area (Å²) in [5.74, 6) is 0. The van der Waals surface area contributed by atoms with E-state index >= 15 is 0 Å². The molecule has 0 fully saturated rings. The van der Waals surface area contributed by atoms with Crippen molar-refractivity contribution in [3.63, 3.8) is 0 Å². The van der Waals surface area contributed by atoms with E-state index in [1.807, 2.05) is 0 Å². The highest BCUT2D eigenvalue weighted by atomic mass is 19.1. The van der Waals surface area contributed by atoms with Crippen molar-refractivity contribution in [2.24, 2.45) is 0 Å². The minimum Gasteiger partial charge on any atom is -0.394 e. The molecular weight excluding hydrogens is 225 g/mol. The fraction of sp³-hybridized carbons (Fsp3) is 1.00. The zero-order valence-electron chi connectivity index (χ0n) is 11.2. The zero-order valence-corrected chi connectivity index (χ0v) is 11.2. The predicted molar refractivity (Wildman–Crippen MR) is 66.0 cm³/mol. The van der Waals surface area contributed by atoms with Gasteiger partial charge in [0.1, 0.15) is 6.17 Å². The highest BCUT2D eigenvalue weighted by Crippen LogP contribution is 2.02. The summed E-state index contributed by atoms with van der Waals surface area (Å²) < 4.78 is 23.4. The Hall–Kier alpha value is -0.230. The van der Waals surface area contributed by atoms with Gasteiger partial charge in [-0.2, -0.15) is 0 Å². The smallest absolute Gasteiger partial charge is 0.125 e. The quantitative estimate of drug-likeness (QED) is 0.571. The van der Waals surface area contributed by atoms with Crippen LogP contribution in [0.3, 0.4) is 0 Å². The van der Waals surface area contributed by atoms with E-state index in [4.69, 9.17) is 14.6 Å². The standard InChI is InChI=1S/C12H26FNO3/c1-12(2,3)14-5-4-11(13)10-17-9-8-16-7-6-15/h11,14-15H,4-10H2,1-3H3. The monoisotopic (exact) mass is 251 g/mol. The van der Waals surface area contributed by atoms with Gasteiger partial charge in [-0.15, -0.1) is 0 Å². The first kappa shape index (κ1) is 16.8. The molecule has 0 saturated heterocycles. The summed E-state index contributed by atoms with van der Waals surface area (Å²) in [7, 11) is 0. The molecule has 0 radical (unpaired) electrons. The Bertz CT molecular complexity index is 174. The second-order valence-electron chi connectivity index (χ2n) is 4.97. The van der Waals surface area contributed by atoms with Crippen molar-refractivity contribution >= 4 is 0 Å². The molecule has 0 aromatic carbocycles. The molecule has 0 aliphatic rings. The third kappa shape index (κ3) is 13.7. The largest absolute Gasteiger partial charge is 0.394 e. The Morgan fingerprint density at radius 3 is 2.41 bits per heavy atom. The molecule has 17 heavy (non-hydrogen) atoms. The maximum atomic E-state index is 13.3. The molecule has 0 spiro atoms. The van der Waals surface area contributed by atoms with Crippen LogP contribution in [0, 0.1) is 0 Å². The van der Waals surface area contributed by atoms with Gasteiger partial charge in [-0.05, 0) is 33.7 Å². The van der Waals surface area contributed by atoms with E-state index in [1.54, 1.807) is 0 Å². The third-order valence-electron chi connectivity index (χ3n) is 2.02. The van der Waals surface area contributed by atoms with Gasteiger partial charge in [0.25, 0.3) is 0 Å². The Balaban J connectivity index is 3.26. The van der Waals surface area contributed by atoms with E-state index in [0.29, 0.717) is 32.8 Å². The van der Waals surface area contributed by atoms with Crippen LogP contribution in [0.4, 0.5) is 4.39 Å². The molecule has 0 rings (SSSR count). The van der Waals surface area contributed by atoms with Crippen molar-refractivity contribution in [2.45, 2.75) is 38.9 Å². The number of alkyl halides is 1. The lowest BCUT2D eigenvalue weighted by molar-refractivity contribution is 0.0152. The molecule has 0 aromatic heterocycles. The summed E-state index contributed by atoms with van der Waals surface area (Å²) in [5, 5.41) is 11.7. The van der Waals surface area contributed by atoms with Crippen molar-refractivity contribution in [2.75, 3.05) is 39.6 Å². The molecule has 1 unspecified atom stereocenters. The molecule has 0 bridgehead atoms. The normalized spacial score (nSPS) is 13.9. The summed E-state index contributed by atoms with van der Waals surface area (Å²) in [6.07, 6.45) is -0.489. The van der Waals surface area contributed by atoms with E-state index in [9.17, 15) is 4.39 Å². The number of hydrogen-bond acceptors (Lipinski definition) is 4. The Morgan fingerprint density at radius 1 is 1.18 bits per heavy atom. The van der Waals surface area contributed by atoms with Gasteiger partial charge in [-0.25, -0.2) is 4.39 Å². The topological polar surface area (TPSA) is 50.7 Å². The summed E-state index contributed by atoms with van der Waals surface area (Å²) in [6, 6.07) is 0. The molecular formula is C12H26FNO3. The van der Waals surface area contributed by atoms with Gasteiger partial charge < -0.3 is 19.9 Å². The van der Waals surface area contributed by atoms with Gasteiger partial charge in [-0.3, -0.25) is 0 Å². The maximum Gasteiger partial charge on any atom is 0.125 e. The van der Waals surface area contributed by atoms with Crippen LogP contribution >= 0.6 is 0 Å². The minimum absolute atomic E-state index is 0.00418. The summed E-state index contributed by atoms with van der Waals surface area (Å²) in [4.78, 5) is 0. The SMILES string of the molecule is CC(C)(C)NCCC(F)COCCOCCO. The average molecular weight is 251 g/mol. The number of aliphatic hydroxyl groups is 1. The van der Waals surface area contributed by atoms with Crippen LogP contribution in [-0.4, -0.2) is 56.4 Å². The molecule has 0 aromatic rings. The third-order valence-corrected chi connectivity index (χ3v) is 2.02. The van der Waals surface area contributed by atoms with E-state index in [2.05, 4.69) is 26.1 Å². The first-order valence-corrected chi connectivity index (χ1v) is 6.11. The van der Waals surface area contributed by atoms with Crippen LogP contribution in [0.25, 0.3) is 0 Å². The van der Waals surface area contributed by atoms with Crippen molar-refractivity contribution < 1.29 is 19.0 Å². The van der Waals surface area contributed by atoms with Crippen LogP contribution in [0.1, 0.15) is 27.2 Å². The van der Waals surface area contributed by atoms with Gasteiger partial charge >= 0.3 is 0 Å². The molecule has 5 heteroatoms. The molecule has 0 aliphatic carbocycles. The molecule has 0 heterocycles. The average Bonchev–Trinajstić information content (AvgIpc) is 2.21. The Morgan fingerprint density at radius 2 is 1.82 bits per heavy atom. The van der Waals surface area contributed by atoms with Gasteiger partial charge in [0.2, 0.25) is 0 Å². The fourth-order valence-corrected chi connectivity index (χ4v) is 1.18. The van der Waals surface area contributed by atoms with Gasteiger partial charge in [0.15, 0.2) is 0 Å². The van der Waals surface area contributed by atoms with Crippen LogP contribution < -0.4 is 5.32 Å². The lowest BCUT2D eigenvalue weighted by Gasteiger charge is -2.21. The molecule has 1 atom stereocenters. The number of halogens is 1. The Kier molecular flexibility index (Phi) is 9.63. The molecule has 4 nitrogen and oxygen atoms in total. The lowest BCUT2D eigenvalue weighted by Crippen LogP contribution is -2.37. The second-order valence-corrected chi connectivity index (χ2v) is 4.97. The number of hydrogen-bond donors (Lipinski definition) is 2. The highest BCUT2D eigenvalue weighted by Gasteiger charge is 2.11. The highest BCUT2D eigenvalue weighted by molar-refractivity contribution is 4.71. The summed E-state index contributed by atoms with van der Waals surface area (Å²) in [6.45, 7) is 7.98. The zero-order chi connectivity index (χ0) is 13.1. The van der Waals surface area contributed by atoms with Crippen molar-refractivity contribution in [1.82, 2.24) is 5.32 Å². The second kappa shape index (κ2) is 9.76. The van der Waals surface area contributed by atoms with Crippen LogP contribution in [-0.2, 0) is 9.47 Å². The summed E-state index contributed by atoms with van der Waals surface area (Å²) in [5.41, 5.74) is 0.0265.